The van der Waals surface area contributed by atoms with E-state index in [0.29, 0.717) is 41.2 Å². The third-order valence-electron chi connectivity index (χ3n) is 6.76. The number of carbonyl (C=O) groups is 3. The van der Waals surface area contributed by atoms with E-state index >= 15 is 0 Å². The van der Waals surface area contributed by atoms with Gasteiger partial charge in [0.25, 0.3) is 5.91 Å². The second-order valence-electron chi connectivity index (χ2n) is 9.30. The second kappa shape index (κ2) is 10.8. The van der Waals surface area contributed by atoms with E-state index in [1.807, 2.05) is 49.4 Å². The first kappa shape index (κ1) is 25.7. The molecule has 0 aromatic heterocycles. The summed E-state index contributed by atoms with van der Waals surface area (Å²) in [6.07, 6.45) is 7.79. The summed E-state index contributed by atoms with van der Waals surface area (Å²) in [6.45, 7) is 2.83. The molecule has 2 aromatic rings. The molecule has 2 aliphatic heterocycles. The molecule has 38 heavy (non-hydrogen) atoms. The Labute approximate surface area is 229 Å². The van der Waals surface area contributed by atoms with Crippen LogP contribution in [0.25, 0.3) is 6.08 Å². The molecule has 1 atom stereocenters. The molecule has 0 spiro atoms. The van der Waals surface area contributed by atoms with Gasteiger partial charge in [0, 0.05) is 50.8 Å². The van der Waals surface area contributed by atoms with Gasteiger partial charge in [-0.1, -0.05) is 34.1 Å². The Kier molecular flexibility index (Phi) is 7.31. The normalized spacial score (nSPS) is 19.4. The van der Waals surface area contributed by atoms with Crippen LogP contribution >= 0.6 is 15.9 Å². The molecule has 0 saturated carbocycles. The number of aryl methyl sites for hydroxylation is 1. The first-order chi connectivity index (χ1) is 18.3. The number of benzene rings is 2. The van der Waals surface area contributed by atoms with Crippen molar-refractivity contribution in [1.82, 2.24) is 10.6 Å². The number of nitrogens with one attached hydrogen (secondary N) is 4. The lowest BCUT2D eigenvalue weighted by Crippen LogP contribution is -2.28. The number of halogens is 1. The number of fused-ring (bicyclic) bond motifs is 2. The molecule has 4 N–H and O–H groups in total. The van der Waals surface area contributed by atoms with Crippen molar-refractivity contribution >= 4 is 51.2 Å². The average Bonchev–Trinajstić information content (AvgIpc) is 3.24. The van der Waals surface area contributed by atoms with Gasteiger partial charge < -0.3 is 26.0 Å². The minimum atomic E-state index is -0.422. The van der Waals surface area contributed by atoms with Crippen LogP contribution in [0.3, 0.4) is 0 Å². The van der Waals surface area contributed by atoms with Crippen LogP contribution < -0.4 is 21.3 Å². The molecular weight excluding hydrogens is 548 g/mol. The number of amides is 2. The first-order valence-corrected chi connectivity index (χ1v) is 13.0. The summed E-state index contributed by atoms with van der Waals surface area (Å²) in [4.78, 5) is 37.2. The van der Waals surface area contributed by atoms with E-state index in [-0.39, 0.29) is 24.3 Å². The molecule has 0 radical (unpaired) electrons. The number of allylic oxidation sites excluding steroid dienone is 3. The fraction of sp³-hybridized carbons (Fsp3) is 0.207. The zero-order chi connectivity index (χ0) is 26.8. The summed E-state index contributed by atoms with van der Waals surface area (Å²) in [7, 11) is 1.34. The van der Waals surface area contributed by atoms with E-state index in [9.17, 15) is 14.4 Å². The van der Waals surface area contributed by atoms with Gasteiger partial charge in [-0.05, 0) is 67.0 Å². The molecule has 1 unspecified atom stereocenters. The second-order valence-corrected chi connectivity index (χ2v) is 10.2. The van der Waals surface area contributed by atoms with Crippen LogP contribution in [-0.4, -0.2) is 31.4 Å². The van der Waals surface area contributed by atoms with Crippen LogP contribution in [-0.2, 0) is 25.7 Å². The zero-order valence-electron chi connectivity index (χ0n) is 21.0. The highest BCUT2D eigenvalue weighted by atomic mass is 79.9. The average molecular weight is 575 g/mol. The highest BCUT2D eigenvalue weighted by Crippen LogP contribution is 2.38. The van der Waals surface area contributed by atoms with Crippen molar-refractivity contribution in [3.05, 3.63) is 98.3 Å². The molecule has 1 aliphatic carbocycles. The molecule has 2 heterocycles. The van der Waals surface area contributed by atoms with Gasteiger partial charge >= 0.3 is 5.97 Å². The van der Waals surface area contributed by atoms with Crippen LogP contribution in [0, 0.1) is 12.8 Å². The molecule has 194 valence electrons. The zero-order valence-corrected chi connectivity index (χ0v) is 22.6. The minimum Gasteiger partial charge on any atom is -0.465 e. The summed E-state index contributed by atoms with van der Waals surface area (Å²) in [5.74, 6) is -0.897. The fourth-order valence-corrected chi connectivity index (χ4v) is 5.28. The predicted molar refractivity (Wildman–Crippen MR) is 150 cm³/mol. The Bertz CT molecular complexity index is 1470. The molecule has 2 amide bonds. The number of hydrogen-bond acceptors (Lipinski definition) is 6. The Morgan fingerprint density at radius 3 is 2.76 bits per heavy atom. The number of anilines is 2. The quantitative estimate of drug-likeness (QED) is 0.302. The number of carbonyl (C=O) groups excluding carboxylic acids is 3. The third-order valence-corrected chi connectivity index (χ3v) is 7.26. The summed E-state index contributed by atoms with van der Waals surface area (Å²) in [5, 5.41) is 12.4. The Morgan fingerprint density at radius 1 is 1.13 bits per heavy atom. The van der Waals surface area contributed by atoms with Crippen molar-refractivity contribution in [2.24, 2.45) is 5.92 Å². The maximum Gasteiger partial charge on any atom is 0.337 e. The molecule has 1 fully saturated rings. The van der Waals surface area contributed by atoms with E-state index in [0.717, 1.165) is 26.9 Å². The van der Waals surface area contributed by atoms with Crippen molar-refractivity contribution in [2.45, 2.75) is 19.9 Å². The Hall–Kier alpha value is -3.95. The highest BCUT2D eigenvalue weighted by Gasteiger charge is 2.37. The maximum absolute atomic E-state index is 12.8. The highest BCUT2D eigenvalue weighted by molar-refractivity contribution is 9.10. The van der Waals surface area contributed by atoms with Gasteiger partial charge in [-0.25, -0.2) is 4.79 Å². The van der Waals surface area contributed by atoms with Gasteiger partial charge in [0.1, 0.15) is 0 Å². The van der Waals surface area contributed by atoms with E-state index in [2.05, 4.69) is 43.3 Å². The monoisotopic (exact) mass is 574 g/mol. The van der Waals surface area contributed by atoms with Gasteiger partial charge in [-0.3, -0.25) is 9.59 Å². The van der Waals surface area contributed by atoms with Crippen molar-refractivity contribution in [1.29, 1.82) is 0 Å². The molecule has 8 nitrogen and oxygen atoms in total. The SMILES string of the molecule is COC(=O)C1=CCC2C(=C1)NC(=O)/C2=C1/C=Cc2cc(NC(=O)CNCc3ccc(Br)cc3C)ccc2N1. The van der Waals surface area contributed by atoms with Crippen LogP contribution in [0.1, 0.15) is 23.1 Å². The van der Waals surface area contributed by atoms with Gasteiger partial charge in [0.05, 0.1) is 19.2 Å². The summed E-state index contributed by atoms with van der Waals surface area (Å²) in [6, 6.07) is 11.7. The fourth-order valence-electron chi connectivity index (χ4n) is 4.80. The van der Waals surface area contributed by atoms with Crippen LogP contribution in [0.15, 0.2) is 81.6 Å². The molecular formula is C29H27BrN4O4. The topological polar surface area (TPSA) is 109 Å². The van der Waals surface area contributed by atoms with Crippen LogP contribution in [0.5, 0.6) is 0 Å². The summed E-state index contributed by atoms with van der Waals surface area (Å²) in [5.41, 5.74) is 7.20. The molecule has 9 heteroatoms. The van der Waals surface area contributed by atoms with Crippen LogP contribution in [0.2, 0.25) is 0 Å². The van der Waals surface area contributed by atoms with Crippen molar-refractivity contribution < 1.29 is 19.1 Å². The van der Waals surface area contributed by atoms with E-state index in [1.165, 1.54) is 7.11 Å². The van der Waals surface area contributed by atoms with Gasteiger partial charge in [0.2, 0.25) is 5.91 Å². The molecule has 2 aromatic carbocycles. The first-order valence-electron chi connectivity index (χ1n) is 12.2. The van der Waals surface area contributed by atoms with Crippen molar-refractivity contribution in [2.75, 3.05) is 24.3 Å². The molecule has 3 aliphatic rings. The number of methoxy groups -OCH3 is 1. The smallest absolute Gasteiger partial charge is 0.337 e. The van der Waals surface area contributed by atoms with Crippen molar-refractivity contribution in [3.8, 4) is 0 Å². The standard InChI is InChI=1S/C29H27BrN4O4/c1-16-11-20(30)6-3-19(16)14-31-15-26(35)32-21-7-10-23-17(12-21)5-9-24(33-23)27-22-8-4-18(29(37)38-2)13-25(22)34-28(27)36/h3-7,9-13,22,31,33H,8,14-15H2,1-2H3,(H,32,35)(H,34,36)/b27-24-. The minimum absolute atomic E-state index is 0.131. The number of esters is 1. The molecule has 1 saturated heterocycles. The van der Waals surface area contributed by atoms with Gasteiger partial charge in [-0.2, -0.15) is 0 Å². The van der Waals surface area contributed by atoms with E-state index in [4.69, 9.17) is 4.74 Å². The largest absolute Gasteiger partial charge is 0.465 e. The maximum atomic E-state index is 12.8. The van der Waals surface area contributed by atoms with Crippen LogP contribution in [0.4, 0.5) is 11.4 Å². The number of rotatable bonds is 6. The van der Waals surface area contributed by atoms with Crippen molar-refractivity contribution in [3.63, 3.8) is 0 Å². The lowest BCUT2D eigenvalue weighted by atomic mass is 9.88. The lowest BCUT2D eigenvalue weighted by molar-refractivity contribution is -0.135. The van der Waals surface area contributed by atoms with Gasteiger partial charge in [-0.15, -0.1) is 0 Å². The number of ether oxygens (including phenoxy) is 1. The van der Waals surface area contributed by atoms with E-state index in [1.54, 1.807) is 12.2 Å². The lowest BCUT2D eigenvalue weighted by Gasteiger charge is -2.21. The Balaban J connectivity index is 1.23. The Morgan fingerprint density at radius 2 is 1.97 bits per heavy atom. The van der Waals surface area contributed by atoms with E-state index < -0.39 is 5.97 Å². The molecule has 5 rings (SSSR count). The molecule has 0 bridgehead atoms. The predicted octanol–water partition coefficient (Wildman–Crippen LogP) is 4.31. The van der Waals surface area contributed by atoms with Gasteiger partial charge in [0.15, 0.2) is 0 Å². The number of hydrogen-bond donors (Lipinski definition) is 4. The summed E-state index contributed by atoms with van der Waals surface area (Å²) < 4.78 is 5.83. The summed E-state index contributed by atoms with van der Waals surface area (Å²) >= 11 is 3.46. The third kappa shape index (κ3) is 5.34.